The van der Waals surface area contributed by atoms with Crippen LogP contribution in [0.3, 0.4) is 0 Å². The number of imidazole rings is 1. The van der Waals surface area contributed by atoms with Gasteiger partial charge >= 0.3 is 5.97 Å². The van der Waals surface area contributed by atoms with Crippen LogP contribution in [0.4, 0.5) is 0 Å². The van der Waals surface area contributed by atoms with Gasteiger partial charge in [0, 0.05) is 12.6 Å². The number of aliphatic carboxylic acids is 1. The first kappa shape index (κ1) is 14.7. The Hall–Kier alpha value is -1.41. The molecular formula is C10H17N3O4S. The first-order chi connectivity index (χ1) is 8.28. The van der Waals surface area contributed by atoms with Crippen molar-refractivity contribution in [3.05, 3.63) is 12.0 Å². The van der Waals surface area contributed by atoms with Gasteiger partial charge in [-0.15, -0.1) is 0 Å². The van der Waals surface area contributed by atoms with Gasteiger partial charge < -0.3 is 10.1 Å². The molecule has 0 aliphatic carbocycles. The van der Waals surface area contributed by atoms with E-state index >= 15 is 0 Å². The van der Waals surface area contributed by atoms with Gasteiger partial charge in [0.25, 0.3) is 10.0 Å². The van der Waals surface area contributed by atoms with Crippen molar-refractivity contribution < 1.29 is 18.3 Å². The van der Waals surface area contributed by atoms with Gasteiger partial charge in [0.15, 0.2) is 5.03 Å². The molecule has 0 aliphatic heterocycles. The Bertz CT molecular complexity index is 523. The van der Waals surface area contributed by atoms with Crippen LogP contribution in [0.1, 0.15) is 26.1 Å². The van der Waals surface area contributed by atoms with Crippen LogP contribution >= 0.6 is 0 Å². The lowest BCUT2D eigenvalue weighted by Gasteiger charge is -2.25. The van der Waals surface area contributed by atoms with E-state index in [2.05, 4.69) is 9.97 Å². The molecule has 1 rings (SSSR count). The summed E-state index contributed by atoms with van der Waals surface area (Å²) in [4.78, 5) is 17.1. The number of carboxylic acid groups (broad SMARTS) is 1. The van der Waals surface area contributed by atoms with E-state index in [9.17, 15) is 13.2 Å². The molecular weight excluding hydrogens is 258 g/mol. The number of aryl methyl sites for hydroxylation is 1. The lowest BCUT2D eigenvalue weighted by Crippen LogP contribution is -2.39. The number of nitrogens with one attached hydrogen (secondary N) is 1. The number of carbonyl (C=O) groups is 1. The normalized spacial score (nSPS) is 13.8. The van der Waals surface area contributed by atoms with Crippen LogP contribution < -0.4 is 0 Å². The molecule has 0 amide bonds. The largest absolute Gasteiger partial charge is 0.481 e. The second-order valence-electron chi connectivity index (χ2n) is 3.99. The molecule has 1 aromatic heterocycles. The smallest absolute Gasteiger partial charge is 0.304 e. The molecule has 0 saturated heterocycles. The zero-order chi connectivity index (χ0) is 13.9. The van der Waals surface area contributed by atoms with E-state index in [1.165, 1.54) is 6.20 Å². The quantitative estimate of drug-likeness (QED) is 0.791. The number of rotatable bonds is 6. The van der Waals surface area contributed by atoms with Crippen LogP contribution in [0.25, 0.3) is 0 Å². The van der Waals surface area contributed by atoms with Crippen molar-refractivity contribution in [2.45, 2.75) is 38.3 Å². The van der Waals surface area contributed by atoms with E-state index < -0.39 is 22.0 Å². The van der Waals surface area contributed by atoms with E-state index in [4.69, 9.17) is 5.11 Å². The molecule has 0 fully saturated rings. The van der Waals surface area contributed by atoms with Crippen molar-refractivity contribution in [3.63, 3.8) is 0 Å². The second kappa shape index (κ2) is 5.49. The van der Waals surface area contributed by atoms with Gasteiger partial charge in [-0.1, -0.05) is 6.92 Å². The molecule has 0 bridgehead atoms. The van der Waals surface area contributed by atoms with Crippen molar-refractivity contribution >= 4 is 16.0 Å². The van der Waals surface area contributed by atoms with Gasteiger partial charge in [0.05, 0.1) is 12.6 Å². The number of hydrogen-bond acceptors (Lipinski definition) is 4. The van der Waals surface area contributed by atoms with Crippen molar-refractivity contribution in [1.29, 1.82) is 0 Å². The summed E-state index contributed by atoms with van der Waals surface area (Å²) in [5.41, 5.74) is 0. The summed E-state index contributed by atoms with van der Waals surface area (Å²) in [6.45, 7) is 5.09. The second-order valence-corrected chi connectivity index (χ2v) is 5.85. The molecule has 0 aromatic carbocycles. The average Bonchev–Trinajstić information content (AvgIpc) is 2.64. The summed E-state index contributed by atoms with van der Waals surface area (Å²) in [5, 5.41) is 8.71. The summed E-state index contributed by atoms with van der Waals surface area (Å²) in [7, 11) is -3.72. The highest BCUT2D eigenvalue weighted by atomic mass is 32.2. The Morgan fingerprint density at radius 3 is 2.61 bits per heavy atom. The minimum atomic E-state index is -3.72. The van der Waals surface area contributed by atoms with Gasteiger partial charge in [-0.2, -0.15) is 4.31 Å². The maximum Gasteiger partial charge on any atom is 0.304 e. The summed E-state index contributed by atoms with van der Waals surface area (Å²) < 4.78 is 25.7. The molecule has 2 N–H and O–H groups in total. The lowest BCUT2D eigenvalue weighted by atomic mass is 10.2. The van der Waals surface area contributed by atoms with Crippen LogP contribution in [-0.4, -0.2) is 46.4 Å². The van der Waals surface area contributed by atoms with E-state index in [1.54, 1.807) is 20.8 Å². The van der Waals surface area contributed by atoms with E-state index in [0.29, 0.717) is 5.82 Å². The molecule has 8 heteroatoms. The minimum Gasteiger partial charge on any atom is -0.481 e. The Kier molecular flexibility index (Phi) is 4.47. The Labute approximate surface area is 106 Å². The van der Waals surface area contributed by atoms with Crippen LogP contribution in [-0.2, 0) is 14.8 Å². The minimum absolute atomic E-state index is 0.0147. The molecule has 1 unspecified atom stereocenters. The number of hydrogen-bond donors (Lipinski definition) is 2. The van der Waals surface area contributed by atoms with Gasteiger partial charge in [-0.3, -0.25) is 4.79 Å². The molecule has 1 aromatic rings. The van der Waals surface area contributed by atoms with Crippen molar-refractivity contribution in [2.75, 3.05) is 6.54 Å². The van der Waals surface area contributed by atoms with Crippen LogP contribution in [0, 0.1) is 6.92 Å². The van der Waals surface area contributed by atoms with Crippen molar-refractivity contribution in [3.8, 4) is 0 Å². The molecule has 0 aliphatic rings. The molecule has 18 heavy (non-hydrogen) atoms. The van der Waals surface area contributed by atoms with Crippen molar-refractivity contribution in [1.82, 2.24) is 14.3 Å². The maximum atomic E-state index is 12.3. The molecule has 102 valence electrons. The Morgan fingerprint density at radius 1 is 1.61 bits per heavy atom. The fourth-order valence-electron chi connectivity index (χ4n) is 1.73. The monoisotopic (exact) mass is 275 g/mol. The van der Waals surface area contributed by atoms with Gasteiger partial charge in [0.1, 0.15) is 5.82 Å². The third kappa shape index (κ3) is 3.08. The third-order valence-corrected chi connectivity index (χ3v) is 4.54. The van der Waals surface area contributed by atoms with Crippen LogP contribution in [0.15, 0.2) is 11.2 Å². The first-order valence-electron chi connectivity index (χ1n) is 5.54. The number of nitrogens with zero attached hydrogens (tertiary/aromatic N) is 2. The van der Waals surface area contributed by atoms with Crippen molar-refractivity contribution in [2.24, 2.45) is 0 Å². The molecule has 7 nitrogen and oxygen atoms in total. The molecule has 0 spiro atoms. The predicted molar refractivity (Wildman–Crippen MR) is 64.6 cm³/mol. The zero-order valence-corrected chi connectivity index (χ0v) is 11.4. The molecule has 1 heterocycles. The number of aromatic amines is 1. The predicted octanol–water partition coefficient (Wildman–Crippen LogP) is 0.592. The van der Waals surface area contributed by atoms with Gasteiger partial charge in [-0.05, 0) is 13.8 Å². The summed E-state index contributed by atoms with van der Waals surface area (Å²) >= 11 is 0. The highest BCUT2D eigenvalue weighted by Gasteiger charge is 2.30. The zero-order valence-electron chi connectivity index (χ0n) is 10.5. The summed E-state index contributed by atoms with van der Waals surface area (Å²) in [6.07, 6.45) is 1.00. The van der Waals surface area contributed by atoms with Crippen LogP contribution in [0.5, 0.6) is 0 Å². The maximum absolute atomic E-state index is 12.3. The molecule has 0 radical (unpaired) electrons. The Morgan fingerprint density at radius 2 is 2.22 bits per heavy atom. The standard InChI is InChI=1S/C10H17N3O4S/c1-4-13(7(2)5-10(14)15)18(16,17)9-6-11-8(3)12-9/h6-7H,4-5H2,1-3H3,(H,11,12)(H,14,15). The topological polar surface area (TPSA) is 103 Å². The first-order valence-corrected chi connectivity index (χ1v) is 6.98. The third-order valence-electron chi connectivity index (χ3n) is 2.54. The fourth-order valence-corrected chi connectivity index (χ4v) is 3.33. The van der Waals surface area contributed by atoms with E-state index in [0.717, 1.165) is 4.31 Å². The SMILES string of the molecule is CCN(C(C)CC(=O)O)S(=O)(=O)c1cnc(C)[nH]1. The number of carboxylic acids is 1. The van der Waals surface area contributed by atoms with E-state index in [1.807, 2.05) is 0 Å². The molecule has 1 atom stereocenters. The highest BCUT2D eigenvalue weighted by Crippen LogP contribution is 2.17. The Balaban J connectivity index is 3.04. The highest BCUT2D eigenvalue weighted by molar-refractivity contribution is 7.89. The fraction of sp³-hybridized carbons (Fsp3) is 0.600. The number of H-pyrrole nitrogens is 1. The van der Waals surface area contributed by atoms with Gasteiger partial charge in [-0.25, -0.2) is 13.4 Å². The van der Waals surface area contributed by atoms with E-state index in [-0.39, 0.29) is 18.0 Å². The number of sulfonamides is 1. The summed E-state index contributed by atoms with van der Waals surface area (Å²) in [5.74, 6) is -0.535. The lowest BCUT2D eigenvalue weighted by molar-refractivity contribution is -0.137. The summed E-state index contributed by atoms with van der Waals surface area (Å²) in [6, 6.07) is -0.610. The van der Waals surface area contributed by atoms with Gasteiger partial charge in [0.2, 0.25) is 0 Å². The van der Waals surface area contributed by atoms with Crippen LogP contribution in [0.2, 0.25) is 0 Å². The molecule has 0 saturated carbocycles. The number of aromatic nitrogens is 2. The average molecular weight is 275 g/mol.